The van der Waals surface area contributed by atoms with Crippen molar-refractivity contribution in [1.29, 1.82) is 0 Å². The van der Waals surface area contributed by atoms with Crippen molar-refractivity contribution < 1.29 is 18.7 Å². The normalized spacial score (nSPS) is 11.0. The van der Waals surface area contributed by atoms with Crippen LogP contribution in [0.5, 0.6) is 5.75 Å². The monoisotopic (exact) mass is 443 g/mol. The number of thiocarbonyl (C=S) groups is 1. The van der Waals surface area contributed by atoms with Gasteiger partial charge in [0.15, 0.2) is 16.5 Å². The Bertz CT molecular complexity index is 1470. The van der Waals surface area contributed by atoms with E-state index in [1.807, 2.05) is 43.3 Å². The zero-order valence-corrected chi connectivity index (χ0v) is 17.7. The van der Waals surface area contributed by atoms with E-state index in [4.69, 9.17) is 21.1 Å². The third-order valence-corrected chi connectivity index (χ3v) is 5.11. The van der Waals surface area contributed by atoms with E-state index in [1.54, 1.807) is 24.3 Å². The average molecular weight is 443 g/mol. The fourth-order valence-corrected chi connectivity index (χ4v) is 3.57. The van der Waals surface area contributed by atoms with E-state index in [2.05, 4.69) is 15.6 Å². The Morgan fingerprint density at radius 2 is 1.84 bits per heavy atom. The molecule has 8 heteroatoms. The zero-order valence-electron chi connectivity index (χ0n) is 16.9. The lowest BCUT2D eigenvalue weighted by Crippen LogP contribution is -2.33. The van der Waals surface area contributed by atoms with Crippen LogP contribution in [0.4, 0.5) is 5.69 Å². The molecule has 2 heterocycles. The second kappa shape index (κ2) is 7.82. The first kappa shape index (κ1) is 19.8. The van der Waals surface area contributed by atoms with Gasteiger partial charge in [-0.1, -0.05) is 24.3 Å². The summed E-state index contributed by atoms with van der Waals surface area (Å²) in [6.07, 6.45) is 0. The number of phenolic OH excluding ortho intramolecular Hbond substituents is 1. The van der Waals surface area contributed by atoms with Crippen LogP contribution in [0.3, 0.4) is 0 Å². The molecule has 0 bridgehead atoms. The summed E-state index contributed by atoms with van der Waals surface area (Å²) >= 11 is 5.22. The molecule has 0 spiro atoms. The number of nitrogens with zero attached hydrogens (tertiary/aromatic N) is 1. The Morgan fingerprint density at radius 1 is 1.00 bits per heavy atom. The van der Waals surface area contributed by atoms with Gasteiger partial charge < -0.3 is 19.3 Å². The number of aryl methyl sites for hydroxylation is 1. The lowest BCUT2D eigenvalue weighted by atomic mass is 10.2. The molecule has 0 unspecified atom stereocenters. The Morgan fingerprint density at radius 3 is 2.66 bits per heavy atom. The first-order chi connectivity index (χ1) is 15.5. The van der Waals surface area contributed by atoms with Gasteiger partial charge in [0.2, 0.25) is 5.89 Å². The van der Waals surface area contributed by atoms with E-state index in [9.17, 15) is 9.90 Å². The molecule has 158 valence electrons. The predicted octanol–water partition coefficient (Wildman–Crippen LogP) is 5.38. The van der Waals surface area contributed by atoms with E-state index >= 15 is 0 Å². The third kappa shape index (κ3) is 3.79. The molecule has 0 aliphatic carbocycles. The number of aromatic hydroxyl groups is 1. The lowest BCUT2D eigenvalue weighted by Gasteiger charge is -2.10. The molecule has 32 heavy (non-hydrogen) atoms. The third-order valence-electron chi connectivity index (χ3n) is 4.91. The highest BCUT2D eigenvalue weighted by molar-refractivity contribution is 7.80. The summed E-state index contributed by atoms with van der Waals surface area (Å²) < 4.78 is 11.3. The molecule has 0 aliphatic heterocycles. The number of amides is 1. The molecule has 1 amide bonds. The van der Waals surface area contributed by atoms with Crippen LogP contribution in [0, 0.1) is 6.92 Å². The van der Waals surface area contributed by atoms with Crippen LogP contribution in [0.15, 0.2) is 75.6 Å². The second-order valence-corrected chi connectivity index (χ2v) is 7.69. The number of anilines is 1. The van der Waals surface area contributed by atoms with Crippen molar-refractivity contribution in [1.82, 2.24) is 10.3 Å². The topological polar surface area (TPSA) is 101 Å². The number of carbonyl (C=O) groups is 1. The largest absolute Gasteiger partial charge is 0.507 e. The van der Waals surface area contributed by atoms with Gasteiger partial charge in [-0.3, -0.25) is 10.1 Å². The molecule has 0 fully saturated rings. The summed E-state index contributed by atoms with van der Waals surface area (Å²) in [5.41, 5.74) is 3.98. The van der Waals surface area contributed by atoms with Crippen LogP contribution < -0.4 is 10.6 Å². The molecular weight excluding hydrogens is 426 g/mol. The molecule has 0 saturated carbocycles. The van der Waals surface area contributed by atoms with Gasteiger partial charge in [-0.15, -0.1) is 0 Å². The number of furan rings is 1. The van der Waals surface area contributed by atoms with E-state index < -0.39 is 5.91 Å². The predicted molar refractivity (Wildman–Crippen MR) is 126 cm³/mol. The molecule has 3 aromatic carbocycles. The van der Waals surface area contributed by atoms with Gasteiger partial charge in [0.05, 0.1) is 5.56 Å². The van der Waals surface area contributed by atoms with Crippen LogP contribution in [0.1, 0.15) is 16.1 Å². The number of aromatic nitrogens is 1. The highest BCUT2D eigenvalue weighted by atomic mass is 32.1. The zero-order chi connectivity index (χ0) is 22.2. The highest BCUT2D eigenvalue weighted by Crippen LogP contribution is 2.33. The molecule has 5 aromatic rings. The summed E-state index contributed by atoms with van der Waals surface area (Å²) in [5, 5.41) is 16.8. The smallest absolute Gasteiger partial charge is 0.293 e. The highest BCUT2D eigenvalue weighted by Gasteiger charge is 2.16. The summed E-state index contributed by atoms with van der Waals surface area (Å²) in [7, 11) is 0. The molecular formula is C24H17N3O4S. The second-order valence-electron chi connectivity index (χ2n) is 7.28. The van der Waals surface area contributed by atoms with E-state index in [1.165, 1.54) is 6.07 Å². The minimum absolute atomic E-state index is 0.0373. The van der Waals surface area contributed by atoms with Gasteiger partial charge in [0, 0.05) is 17.1 Å². The number of hydrogen-bond acceptors (Lipinski definition) is 6. The number of rotatable bonds is 3. The maximum absolute atomic E-state index is 12.4. The van der Waals surface area contributed by atoms with Crippen molar-refractivity contribution in [3.8, 4) is 17.2 Å². The van der Waals surface area contributed by atoms with Crippen LogP contribution in [0.25, 0.3) is 33.5 Å². The maximum atomic E-state index is 12.4. The number of para-hydroxylation sites is 1. The number of benzene rings is 3. The van der Waals surface area contributed by atoms with E-state index in [-0.39, 0.29) is 16.6 Å². The van der Waals surface area contributed by atoms with E-state index in [0.29, 0.717) is 28.3 Å². The molecule has 5 rings (SSSR count). The first-order valence-electron chi connectivity index (χ1n) is 9.78. The number of nitrogens with one attached hydrogen (secondary N) is 2. The number of fused-ring (bicyclic) bond motifs is 2. The Kier molecular flexibility index (Phi) is 4.84. The molecule has 0 saturated heterocycles. The minimum Gasteiger partial charge on any atom is -0.507 e. The van der Waals surface area contributed by atoms with Crippen LogP contribution in [-0.2, 0) is 0 Å². The SMILES string of the molecule is Cc1ccc2oc(-c3ccc(NC(=S)NC(=O)c4cc5ccccc5o4)cc3O)nc2c1. The van der Waals surface area contributed by atoms with Crippen LogP contribution in [0.2, 0.25) is 0 Å². The van der Waals surface area contributed by atoms with Crippen LogP contribution in [-0.4, -0.2) is 21.1 Å². The summed E-state index contributed by atoms with van der Waals surface area (Å²) in [5.74, 6) is -0.0406. The Labute approximate surface area is 187 Å². The van der Waals surface area contributed by atoms with Gasteiger partial charge in [-0.2, -0.15) is 0 Å². The maximum Gasteiger partial charge on any atom is 0.293 e. The van der Waals surface area contributed by atoms with Gasteiger partial charge in [-0.05, 0) is 61.1 Å². The fourth-order valence-electron chi connectivity index (χ4n) is 3.36. The molecule has 0 aliphatic rings. The first-order valence-corrected chi connectivity index (χ1v) is 10.2. The summed E-state index contributed by atoms with van der Waals surface area (Å²) in [6, 6.07) is 19.5. The lowest BCUT2D eigenvalue weighted by molar-refractivity contribution is 0.0953. The number of oxazole rings is 1. The van der Waals surface area contributed by atoms with Crippen molar-refractivity contribution >= 4 is 51.0 Å². The van der Waals surface area contributed by atoms with Crippen LogP contribution >= 0.6 is 12.2 Å². The van der Waals surface area contributed by atoms with Crippen molar-refractivity contribution in [3.63, 3.8) is 0 Å². The molecule has 0 atom stereocenters. The van der Waals surface area contributed by atoms with E-state index in [0.717, 1.165) is 16.5 Å². The molecule has 3 N–H and O–H groups in total. The Hall–Kier alpha value is -4.17. The standard InChI is InChI=1S/C24H17N3O4S/c1-13-6-9-20-17(10-13)26-23(31-20)16-8-7-15(12-18(16)28)25-24(32)27-22(29)21-11-14-4-2-3-5-19(14)30-21/h2-12,28H,1H3,(H2,25,27,29,32). The summed E-state index contributed by atoms with van der Waals surface area (Å²) in [4.78, 5) is 16.9. The molecule has 2 aromatic heterocycles. The summed E-state index contributed by atoms with van der Waals surface area (Å²) in [6.45, 7) is 1.97. The minimum atomic E-state index is -0.471. The number of hydrogen-bond donors (Lipinski definition) is 3. The Balaban J connectivity index is 1.30. The van der Waals surface area contributed by atoms with Gasteiger partial charge in [0.1, 0.15) is 16.8 Å². The van der Waals surface area contributed by atoms with Gasteiger partial charge in [-0.25, -0.2) is 4.98 Å². The number of carbonyl (C=O) groups excluding carboxylic acids is 1. The van der Waals surface area contributed by atoms with Crippen molar-refractivity contribution in [2.45, 2.75) is 6.92 Å². The fraction of sp³-hybridized carbons (Fsp3) is 0.0417. The average Bonchev–Trinajstić information content (AvgIpc) is 3.37. The van der Waals surface area contributed by atoms with Gasteiger partial charge >= 0.3 is 0 Å². The quantitative estimate of drug-likeness (QED) is 0.322. The van der Waals surface area contributed by atoms with Gasteiger partial charge in [0.25, 0.3) is 5.91 Å². The van der Waals surface area contributed by atoms with Crippen molar-refractivity contribution in [2.75, 3.05) is 5.32 Å². The molecule has 7 nitrogen and oxygen atoms in total. The van der Waals surface area contributed by atoms with Crippen molar-refractivity contribution in [2.24, 2.45) is 0 Å². The van der Waals surface area contributed by atoms with Crippen molar-refractivity contribution in [3.05, 3.63) is 78.1 Å². The number of phenols is 1. The molecule has 0 radical (unpaired) electrons.